The Morgan fingerprint density at radius 2 is 1.96 bits per heavy atom. The minimum Gasteiger partial charge on any atom is -0.387 e. The maximum atomic E-state index is 12.4. The molecule has 2 N–H and O–H groups in total. The first-order valence-electron chi connectivity index (χ1n) is 7.64. The van der Waals surface area contributed by atoms with Gasteiger partial charge in [-0.15, -0.1) is 0 Å². The van der Waals surface area contributed by atoms with Crippen molar-refractivity contribution in [2.75, 3.05) is 16.8 Å². The second-order valence-electron chi connectivity index (χ2n) is 5.78. The normalized spacial score (nSPS) is 19.6. The smallest absolute Gasteiger partial charge is 0.253 e. The number of para-hydroxylation sites is 1. The summed E-state index contributed by atoms with van der Waals surface area (Å²) in [5.74, 6) is -0.318. The molecule has 1 aliphatic heterocycles. The zero-order chi connectivity index (χ0) is 16.4. The average Bonchev–Trinajstić information content (AvgIpc) is 2.56. The number of carbonyl (C=O) groups excluding carboxylic acids is 1. The Labute approximate surface area is 140 Å². The van der Waals surface area contributed by atoms with Crippen LogP contribution in [0, 0.1) is 0 Å². The number of amides is 1. The molecule has 0 saturated heterocycles. The average molecular weight is 331 g/mol. The van der Waals surface area contributed by atoms with Crippen LogP contribution in [0.15, 0.2) is 48.5 Å². The number of fused-ring (bicyclic) bond motifs is 1. The first-order valence-corrected chi connectivity index (χ1v) is 8.02. The van der Waals surface area contributed by atoms with E-state index in [0.717, 1.165) is 23.4 Å². The quantitative estimate of drug-likeness (QED) is 0.904. The Bertz CT molecular complexity index is 702. The van der Waals surface area contributed by atoms with Gasteiger partial charge in [0.1, 0.15) is 6.61 Å². The maximum absolute atomic E-state index is 12.4. The molecule has 1 aliphatic rings. The van der Waals surface area contributed by atoms with Gasteiger partial charge < -0.3 is 15.3 Å². The molecule has 1 heterocycles. The van der Waals surface area contributed by atoms with Crippen LogP contribution in [0.3, 0.4) is 0 Å². The highest BCUT2D eigenvalue weighted by Crippen LogP contribution is 2.39. The van der Waals surface area contributed by atoms with Crippen molar-refractivity contribution in [3.8, 4) is 0 Å². The molecule has 23 heavy (non-hydrogen) atoms. The van der Waals surface area contributed by atoms with Crippen LogP contribution in [-0.4, -0.2) is 23.7 Å². The summed E-state index contributed by atoms with van der Waals surface area (Å²) in [5, 5.41) is 13.5. The molecule has 2 aromatic rings. The second kappa shape index (κ2) is 6.60. The molecular formula is C18H19ClN2O2. The van der Waals surface area contributed by atoms with Crippen molar-refractivity contribution >= 4 is 28.9 Å². The zero-order valence-electron chi connectivity index (χ0n) is 12.9. The number of benzene rings is 2. The maximum Gasteiger partial charge on any atom is 0.253 e. The fourth-order valence-corrected chi connectivity index (χ4v) is 3.25. The van der Waals surface area contributed by atoms with Gasteiger partial charge in [0.15, 0.2) is 0 Å². The van der Waals surface area contributed by atoms with Crippen molar-refractivity contribution in [1.29, 1.82) is 0 Å². The van der Waals surface area contributed by atoms with Gasteiger partial charge in [0, 0.05) is 22.4 Å². The van der Waals surface area contributed by atoms with Crippen LogP contribution in [0.4, 0.5) is 11.4 Å². The van der Waals surface area contributed by atoms with E-state index in [4.69, 9.17) is 11.6 Å². The lowest BCUT2D eigenvalue weighted by atomic mass is 9.92. The Morgan fingerprint density at radius 1 is 1.26 bits per heavy atom. The molecular weight excluding hydrogens is 312 g/mol. The molecule has 0 fully saturated rings. The van der Waals surface area contributed by atoms with Crippen LogP contribution in [0.2, 0.25) is 5.02 Å². The van der Waals surface area contributed by atoms with Crippen molar-refractivity contribution in [2.45, 2.75) is 25.4 Å². The molecule has 120 valence electrons. The highest BCUT2D eigenvalue weighted by atomic mass is 35.5. The molecule has 0 radical (unpaired) electrons. The summed E-state index contributed by atoms with van der Waals surface area (Å²) in [4.78, 5) is 14.1. The van der Waals surface area contributed by atoms with Crippen LogP contribution in [0.5, 0.6) is 0 Å². The van der Waals surface area contributed by atoms with E-state index in [-0.39, 0.29) is 18.0 Å². The fourth-order valence-electron chi connectivity index (χ4n) is 3.13. The predicted molar refractivity (Wildman–Crippen MR) is 92.9 cm³/mol. The van der Waals surface area contributed by atoms with Crippen LogP contribution in [0.1, 0.15) is 24.9 Å². The molecule has 2 aromatic carbocycles. The summed E-state index contributed by atoms with van der Waals surface area (Å²) in [7, 11) is 0. The Kier molecular flexibility index (Phi) is 4.55. The first-order chi connectivity index (χ1) is 11.1. The minimum absolute atomic E-state index is 0.122. The van der Waals surface area contributed by atoms with Crippen LogP contribution in [-0.2, 0) is 4.79 Å². The highest BCUT2D eigenvalue weighted by molar-refractivity contribution is 6.30. The van der Waals surface area contributed by atoms with Crippen LogP contribution < -0.4 is 10.2 Å². The van der Waals surface area contributed by atoms with Gasteiger partial charge in [0.25, 0.3) is 5.91 Å². The molecule has 1 amide bonds. The van der Waals surface area contributed by atoms with Gasteiger partial charge >= 0.3 is 0 Å². The largest absolute Gasteiger partial charge is 0.387 e. The van der Waals surface area contributed by atoms with E-state index < -0.39 is 6.61 Å². The SMILES string of the molecule is C[C@H]1C[C@@H](N(C(=O)CO)c2ccc(Cl)cc2)c2ccccc2N1. The van der Waals surface area contributed by atoms with Crippen molar-refractivity contribution in [3.63, 3.8) is 0 Å². The van der Waals surface area contributed by atoms with Crippen molar-refractivity contribution in [1.82, 2.24) is 0 Å². The van der Waals surface area contributed by atoms with E-state index in [0.29, 0.717) is 5.02 Å². The van der Waals surface area contributed by atoms with Gasteiger partial charge in [0.05, 0.1) is 6.04 Å². The summed E-state index contributed by atoms with van der Waals surface area (Å²) in [6, 6.07) is 15.2. The van der Waals surface area contributed by atoms with E-state index >= 15 is 0 Å². The van der Waals surface area contributed by atoms with E-state index in [2.05, 4.69) is 12.2 Å². The van der Waals surface area contributed by atoms with Gasteiger partial charge in [0.2, 0.25) is 0 Å². The predicted octanol–water partition coefficient (Wildman–Crippen LogP) is 3.61. The third kappa shape index (κ3) is 3.19. The molecule has 0 aromatic heterocycles. The summed E-state index contributed by atoms with van der Waals surface area (Å²) >= 11 is 5.96. The number of carbonyl (C=O) groups is 1. The number of halogens is 1. The molecule has 4 nitrogen and oxygen atoms in total. The summed E-state index contributed by atoms with van der Waals surface area (Å²) in [6.45, 7) is 1.56. The highest BCUT2D eigenvalue weighted by Gasteiger charge is 2.32. The number of anilines is 2. The van der Waals surface area contributed by atoms with E-state index in [1.165, 1.54) is 0 Å². The van der Waals surface area contributed by atoms with E-state index in [1.54, 1.807) is 17.0 Å². The van der Waals surface area contributed by atoms with Gasteiger partial charge in [-0.2, -0.15) is 0 Å². The Morgan fingerprint density at radius 3 is 2.65 bits per heavy atom. The number of nitrogens with zero attached hydrogens (tertiary/aromatic N) is 1. The molecule has 0 aliphatic carbocycles. The molecule has 3 rings (SSSR count). The lowest BCUT2D eigenvalue weighted by molar-refractivity contribution is -0.121. The molecule has 0 spiro atoms. The van der Waals surface area contributed by atoms with Crippen LogP contribution >= 0.6 is 11.6 Å². The van der Waals surface area contributed by atoms with Crippen molar-refractivity contribution in [2.24, 2.45) is 0 Å². The lowest BCUT2D eigenvalue weighted by Gasteiger charge is -2.38. The first kappa shape index (κ1) is 15.8. The lowest BCUT2D eigenvalue weighted by Crippen LogP contribution is -2.41. The van der Waals surface area contributed by atoms with E-state index in [1.807, 2.05) is 36.4 Å². The number of aliphatic hydroxyl groups is 1. The molecule has 0 bridgehead atoms. The number of hydrogen-bond donors (Lipinski definition) is 2. The standard InChI is InChI=1S/C18H19ClN2O2/c1-12-10-17(15-4-2-3-5-16(15)20-12)21(18(23)11-22)14-8-6-13(19)7-9-14/h2-9,12,17,20,22H,10-11H2,1H3/t12-,17+/m0/s1. The van der Waals surface area contributed by atoms with Crippen molar-refractivity contribution in [3.05, 3.63) is 59.1 Å². The van der Waals surface area contributed by atoms with Gasteiger partial charge in [-0.3, -0.25) is 4.79 Å². The van der Waals surface area contributed by atoms with Gasteiger partial charge in [-0.1, -0.05) is 29.8 Å². The topological polar surface area (TPSA) is 52.6 Å². The molecule has 5 heteroatoms. The monoisotopic (exact) mass is 330 g/mol. The molecule has 0 saturated carbocycles. The Hall–Kier alpha value is -2.04. The number of aliphatic hydroxyl groups excluding tert-OH is 1. The summed E-state index contributed by atoms with van der Waals surface area (Å²) < 4.78 is 0. The van der Waals surface area contributed by atoms with Crippen molar-refractivity contribution < 1.29 is 9.90 Å². The van der Waals surface area contributed by atoms with E-state index in [9.17, 15) is 9.90 Å². The number of nitrogens with one attached hydrogen (secondary N) is 1. The third-order valence-electron chi connectivity index (χ3n) is 4.12. The Balaban J connectivity index is 2.07. The number of rotatable bonds is 3. The fraction of sp³-hybridized carbons (Fsp3) is 0.278. The molecule has 2 atom stereocenters. The summed E-state index contributed by atoms with van der Waals surface area (Å²) in [5.41, 5.74) is 2.82. The van der Waals surface area contributed by atoms with Gasteiger partial charge in [-0.05, 0) is 49.2 Å². The zero-order valence-corrected chi connectivity index (χ0v) is 13.6. The van der Waals surface area contributed by atoms with Crippen LogP contribution in [0.25, 0.3) is 0 Å². The third-order valence-corrected chi connectivity index (χ3v) is 4.37. The minimum atomic E-state index is -0.525. The molecule has 0 unspecified atom stereocenters. The summed E-state index contributed by atoms with van der Waals surface area (Å²) in [6.07, 6.45) is 0.769. The number of hydrogen-bond acceptors (Lipinski definition) is 3. The van der Waals surface area contributed by atoms with Gasteiger partial charge in [-0.25, -0.2) is 0 Å². The second-order valence-corrected chi connectivity index (χ2v) is 6.22.